The normalized spacial score (nSPS) is 11.8. The zero-order valence-corrected chi connectivity index (χ0v) is 32.1. The minimum absolute atomic E-state index is 0.0117. The van der Waals surface area contributed by atoms with Crippen LogP contribution in [0.2, 0.25) is 0 Å². The molecule has 0 saturated carbocycles. The van der Waals surface area contributed by atoms with Gasteiger partial charge in [0.2, 0.25) is 11.8 Å². The molecule has 0 aliphatic heterocycles. The zero-order valence-electron chi connectivity index (χ0n) is 32.1. The summed E-state index contributed by atoms with van der Waals surface area (Å²) in [6, 6.07) is 0. The van der Waals surface area contributed by atoms with E-state index < -0.39 is 47.0 Å². The topological polar surface area (TPSA) is 183 Å². The van der Waals surface area contributed by atoms with Crippen molar-refractivity contribution in [2.45, 2.75) is 131 Å². The van der Waals surface area contributed by atoms with E-state index >= 15 is 0 Å². The van der Waals surface area contributed by atoms with Gasteiger partial charge in [0, 0.05) is 12.8 Å². The minimum atomic E-state index is -0.883. The zero-order chi connectivity index (χ0) is 38.8. The van der Waals surface area contributed by atoms with Crippen LogP contribution in [0.15, 0.2) is 0 Å². The molecule has 0 aromatic carbocycles. The lowest BCUT2D eigenvalue weighted by Gasteiger charge is -2.25. The van der Waals surface area contributed by atoms with Gasteiger partial charge in [-0.15, -0.1) is 0 Å². The number of hydrogen-bond donors (Lipinski definition) is 0. The summed E-state index contributed by atoms with van der Waals surface area (Å²) in [4.78, 5) is 76.8. The summed E-state index contributed by atoms with van der Waals surface area (Å²) in [6.07, 6.45) is -2.77. The largest absolute Gasteiger partial charge is 0.508 e. The highest BCUT2D eigenvalue weighted by Gasteiger charge is 2.23. The first kappa shape index (κ1) is 46.0. The van der Waals surface area contributed by atoms with Crippen LogP contribution >= 0.6 is 0 Å². The Hall–Kier alpha value is -3.98. The summed E-state index contributed by atoms with van der Waals surface area (Å²) in [6.45, 7) is 19.7. The van der Waals surface area contributed by atoms with Crippen LogP contribution in [-0.2, 0) is 47.5 Å². The van der Waals surface area contributed by atoms with Crippen molar-refractivity contribution in [1.82, 2.24) is 9.80 Å². The lowest BCUT2D eigenvalue weighted by molar-refractivity contribution is -0.134. The van der Waals surface area contributed by atoms with Gasteiger partial charge in [-0.05, 0) is 95.9 Å². The van der Waals surface area contributed by atoms with Gasteiger partial charge in [-0.25, -0.2) is 19.2 Å². The predicted molar refractivity (Wildman–Crippen MR) is 180 cm³/mol. The minimum Gasteiger partial charge on any atom is -0.432 e. The third-order valence-corrected chi connectivity index (χ3v) is 5.62. The third-order valence-electron chi connectivity index (χ3n) is 5.62. The molecule has 0 fully saturated rings. The maximum absolute atomic E-state index is 13.1. The van der Waals surface area contributed by atoms with Crippen molar-refractivity contribution in [3.05, 3.63) is 0 Å². The Kier molecular flexibility index (Phi) is 19.6. The summed E-state index contributed by atoms with van der Waals surface area (Å²) in [5.41, 5.74) is -3.01. The first-order valence-corrected chi connectivity index (χ1v) is 16.7. The molecule has 0 aromatic rings. The fourth-order valence-electron chi connectivity index (χ4n) is 3.67. The molecule has 0 atom stereocenters. The number of nitrogens with zero attached hydrogens (tertiary/aromatic N) is 2. The molecule has 50 heavy (non-hydrogen) atoms. The van der Waals surface area contributed by atoms with Gasteiger partial charge in [-0.3, -0.25) is 9.59 Å². The van der Waals surface area contributed by atoms with E-state index in [2.05, 4.69) is 0 Å². The van der Waals surface area contributed by atoms with Crippen LogP contribution in [0.25, 0.3) is 0 Å². The summed E-state index contributed by atoms with van der Waals surface area (Å²) in [7, 11) is 0. The third kappa shape index (κ3) is 26.9. The Morgan fingerprint density at radius 1 is 0.380 bits per heavy atom. The van der Waals surface area contributed by atoms with E-state index in [9.17, 15) is 28.8 Å². The van der Waals surface area contributed by atoms with Gasteiger partial charge in [0.1, 0.15) is 48.8 Å². The summed E-state index contributed by atoms with van der Waals surface area (Å²) in [5, 5.41) is 0. The van der Waals surface area contributed by atoms with Crippen LogP contribution < -0.4 is 0 Å². The molecule has 0 spiro atoms. The monoisotopic (exact) mass is 720 g/mol. The first-order chi connectivity index (χ1) is 22.8. The van der Waals surface area contributed by atoms with Gasteiger partial charge in [0.15, 0.2) is 0 Å². The first-order valence-electron chi connectivity index (χ1n) is 16.7. The molecule has 0 aliphatic rings. The summed E-state index contributed by atoms with van der Waals surface area (Å²) < 4.78 is 40.9. The lowest BCUT2D eigenvalue weighted by atomic mass is 10.1. The van der Waals surface area contributed by atoms with Crippen molar-refractivity contribution >= 4 is 36.4 Å². The molecule has 0 heterocycles. The van der Waals surface area contributed by atoms with Crippen LogP contribution in [-0.4, -0.2) is 121 Å². The molecule has 0 N–H and O–H groups in total. The number of ether oxygens (including phenoxy) is 8. The molecule has 0 aromatic heterocycles. The van der Waals surface area contributed by atoms with Gasteiger partial charge in [-0.1, -0.05) is 0 Å². The van der Waals surface area contributed by atoms with Crippen LogP contribution in [0.5, 0.6) is 0 Å². The van der Waals surface area contributed by atoms with Crippen molar-refractivity contribution in [2.75, 3.05) is 52.6 Å². The number of amides is 2. The average molecular weight is 721 g/mol. The highest BCUT2D eigenvalue weighted by molar-refractivity contribution is 5.77. The number of unbranched alkanes of at least 4 members (excludes halogenated alkanes) is 1. The maximum Gasteiger partial charge on any atom is 0.508 e. The fraction of sp³-hybridized carbons (Fsp3) is 0.824. The Morgan fingerprint density at radius 2 is 0.580 bits per heavy atom. The standard InChI is InChI=1S/C34H60N2O14/c1-31(2,3)47-27(39)43-21-17-35(18-22-44-28(40)48-32(4,5)6)25(37)15-13-14-16-26(38)36(19-23-45-29(41)49-33(7,8)9)20-24-46-30(42)50-34(10,11)12/h13-24H2,1-12H3. The second-order valence-corrected chi connectivity index (χ2v) is 15.2. The highest BCUT2D eigenvalue weighted by atomic mass is 16.7. The Morgan fingerprint density at radius 3 is 0.760 bits per heavy atom. The van der Waals surface area contributed by atoms with E-state index in [-0.39, 0.29) is 77.3 Å². The number of hydrogen-bond acceptors (Lipinski definition) is 14. The molecule has 16 nitrogen and oxygen atoms in total. The van der Waals surface area contributed by atoms with Gasteiger partial charge < -0.3 is 47.7 Å². The van der Waals surface area contributed by atoms with E-state index in [1.54, 1.807) is 83.1 Å². The van der Waals surface area contributed by atoms with Crippen LogP contribution in [0.1, 0.15) is 109 Å². The molecule has 2 amide bonds. The van der Waals surface area contributed by atoms with E-state index in [1.165, 1.54) is 9.80 Å². The van der Waals surface area contributed by atoms with E-state index in [4.69, 9.17) is 37.9 Å². The SMILES string of the molecule is CC(C)(C)OC(=O)OCCN(CCOC(=O)OC(C)(C)C)C(=O)CCCCC(=O)N(CCOC(=O)OC(C)(C)C)CCOC(=O)OC(C)(C)C. The van der Waals surface area contributed by atoms with Crippen LogP contribution in [0.4, 0.5) is 19.2 Å². The van der Waals surface area contributed by atoms with Gasteiger partial charge in [-0.2, -0.15) is 0 Å². The van der Waals surface area contributed by atoms with Gasteiger partial charge in [0.05, 0.1) is 26.2 Å². The Labute approximate surface area is 296 Å². The van der Waals surface area contributed by atoms with Crippen molar-refractivity contribution in [2.24, 2.45) is 0 Å². The molecule has 16 heteroatoms. The molecule has 0 radical (unpaired) electrons. The van der Waals surface area contributed by atoms with E-state index in [0.29, 0.717) is 12.8 Å². The molecule has 0 rings (SSSR count). The molecule has 290 valence electrons. The molecule has 0 bridgehead atoms. The fourth-order valence-corrected chi connectivity index (χ4v) is 3.67. The average Bonchev–Trinajstić information content (AvgIpc) is 2.89. The second-order valence-electron chi connectivity index (χ2n) is 15.2. The summed E-state index contributed by atoms with van der Waals surface area (Å²) >= 11 is 0. The highest BCUT2D eigenvalue weighted by Crippen LogP contribution is 2.12. The quantitative estimate of drug-likeness (QED) is 0.0967. The van der Waals surface area contributed by atoms with Crippen LogP contribution in [0, 0.1) is 0 Å². The predicted octanol–water partition coefficient (Wildman–Crippen LogP) is 6.01. The van der Waals surface area contributed by atoms with Gasteiger partial charge in [0.25, 0.3) is 0 Å². The van der Waals surface area contributed by atoms with Crippen molar-refractivity contribution in [1.29, 1.82) is 0 Å². The van der Waals surface area contributed by atoms with Crippen molar-refractivity contribution in [3.63, 3.8) is 0 Å². The summed E-state index contributed by atoms with van der Waals surface area (Å²) in [5.74, 6) is -0.627. The molecule has 0 saturated heterocycles. The number of carbonyl (C=O) groups is 6. The van der Waals surface area contributed by atoms with Crippen molar-refractivity contribution in [3.8, 4) is 0 Å². The second kappa shape index (κ2) is 21.3. The van der Waals surface area contributed by atoms with E-state index in [0.717, 1.165) is 0 Å². The Balaban J connectivity index is 5.20. The van der Waals surface area contributed by atoms with Gasteiger partial charge >= 0.3 is 24.6 Å². The smallest absolute Gasteiger partial charge is 0.432 e. The number of carbonyl (C=O) groups excluding carboxylic acids is 6. The number of rotatable bonds is 17. The van der Waals surface area contributed by atoms with E-state index in [1.807, 2.05) is 0 Å². The molecular weight excluding hydrogens is 660 g/mol. The van der Waals surface area contributed by atoms with Crippen molar-refractivity contribution < 1.29 is 66.7 Å². The molecular formula is C34H60N2O14. The van der Waals surface area contributed by atoms with Crippen LogP contribution in [0.3, 0.4) is 0 Å². The lowest BCUT2D eigenvalue weighted by Crippen LogP contribution is -2.38. The molecule has 0 unspecified atom stereocenters. The molecule has 0 aliphatic carbocycles. The Bertz CT molecular complexity index is 943. The maximum atomic E-state index is 13.1.